The first-order chi connectivity index (χ1) is 8.66. The lowest BCUT2D eigenvalue weighted by molar-refractivity contribution is 0.432. The summed E-state index contributed by atoms with van der Waals surface area (Å²) in [5.74, 6) is -0.866. The largest absolute Gasteiger partial charge is 0.505 e. The van der Waals surface area contributed by atoms with Crippen molar-refractivity contribution in [3.8, 4) is 17.0 Å². The van der Waals surface area contributed by atoms with Crippen molar-refractivity contribution in [2.75, 3.05) is 5.73 Å². The van der Waals surface area contributed by atoms with E-state index in [1.807, 2.05) is 0 Å². The van der Waals surface area contributed by atoms with Crippen molar-refractivity contribution >= 4 is 16.9 Å². The van der Waals surface area contributed by atoms with Gasteiger partial charge in [0.15, 0.2) is 17.2 Å². The third-order valence-electron chi connectivity index (χ3n) is 2.62. The van der Waals surface area contributed by atoms with Gasteiger partial charge in [0.1, 0.15) is 12.1 Å². The molecule has 2 heterocycles. The number of hydrogen-bond acceptors (Lipinski definition) is 5. The predicted octanol–water partition coefficient (Wildman–Crippen LogP) is 1.45. The van der Waals surface area contributed by atoms with Gasteiger partial charge in [0.05, 0.1) is 11.1 Å². The number of nitrogens with zero attached hydrogens (tertiary/aromatic N) is 3. The van der Waals surface area contributed by atoms with Crippen LogP contribution in [0.5, 0.6) is 5.75 Å². The highest BCUT2D eigenvalue weighted by Crippen LogP contribution is 2.30. The van der Waals surface area contributed by atoms with Crippen molar-refractivity contribution in [3.63, 3.8) is 0 Å². The van der Waals surface area contributed by atoms with Crippen LogP contribution in [0.2, 0.25) is 0 Å². The second-order valence-electron chi connectivity index (χ2n) is 3.72. The molecule has 18 heavy (non-hydrogen) atoms. The van der Waals surface area contributed by atoms with Crippen LogP contribution in [-0.2, 0) is 0 Å². The maximum absolute atomic E-state index is 13.3. The van der Waals surface area contributed by atoms with E-state index in [4.69, 9.17) is 10.8 Å². The van der Waals surface area contributed by atoms with Crippen LogP contribution in [0.3, 0.4) is 0 Å². The van der Waals surface area contributed by atoms with E-state index in [1.165, 1.54) is 18.5 Å². The number of fused-ring (bicyclic) bond motifs is 1. The van der Waals surface area contributed by atoms with Gasteiger partial charge in [-0.05, 0) is 18.2 Å². The Balaban J connectivity index is 2.28. The lowest BCUT2D eigenvalue weighted by Crippen LogP contribution is -1.92. The first-order valence-electron chi connectivity index (χ1n) is 5.10. The maximum atomic E-state index is 13.3. The van der Waals surface area contributed by atoms with E-state index in [-0.39, 0.29) is 5.82 Å². The molecule has 0 saturated carbocycles. The Bertz CT molecular complexity index is 739. The Morgan fingerprint density at radius 1 is 1.28 bits per heavy atom. The van der Waals surface area contributed by atoms with E-state index in [2.05, 4.69) is 20.2 Å². The number of rotatable bonds is 1. The highest BCUT2D eigenvalue weighted by Gasteiger charge is 2.13. The van der Waals surface area contributed by atoms with Gasteiger partial charge in [-0.15, -0.1) is 0 Å². The third kappa shape index (κ3) is 1.45. The molecule has 3 aromatic rings. The fourth-order valence-corrected chi connectivity index (χ4v) is 1.75. The summed E-state index contributed by atoms with van der Waals surface area (Å²) in [5, 5.41) is 16.4. The van der Waals surface area contributed by atoms with Crippen LogP contribution in [0, 0.1) is 5.82 Å². The summed E-state index contributed by atoms with van der Waals surface area (Å²) in [4.78, 5) is 7.82. The van der Waals surface area contributed by atoms with Crippen LogP contribution in [0.4, 0.5) is 10.2 Å². The number of phenols is 1. The fraction of sp³-hybridized carbons (Fsp3) is 0. The van der Waals surface area contributed by atoms with E-state index < -0.39 is 11.6 Å². The minimum atomic E-state index is -0.717. The van der Waals surface area contributed by atoms with Crippen LogP contribution in [-0.4, -0.2) is 25.3 Å². The quantitative estimate of drug-likeness (QED) is 0.602. The molecular weight excluding hydrogens is 237 g/mol. The molecule has 0 radical (unpaired) electrons. The Morgan fingerprint density at radius 3 is 2.89 bits per heavy atom. The molecule has 2 aromatic heterocycles. The molecule has 0 aliphatic carbocycles. The molecule has 0 aliphatic heterocycles. The summed E-state index contributed by atoms with van der Waals surface area (Å²) in [7, 11) is 0. The minimum Gasteiger partial charge on any atom is -0.505 e. The van der Waals surface area contributed by atoms with Crippen molar-refractivity contribution in [1.82, 2.24) is 20.2 Å². The molecule has 0 spiro atoms. The first-order valence-corrected chi connectivity index (χ1v) is 5.10. The van der Waals surface area contributed by atoms with Gasteiger partial charge in [-0.1, -0.05) is 0 Å². The molecule has 0 aliphatic rings. The van der Waals surface area contributed by atoms with Crippen molar-refractivity contribution in [2.24, 2.45) is 0 Å². The number of nitrogen functional groups attached to an aromatic ring is 1. The summed E-state index contributed by atoms with van der Waals surface area (Å²) < 4.78 is 13.3. The molecule has 3 rings (SSSR count). The molecule has 0 amide bonds. The molecule has 0 unspecified atom stereocenters. The first kappa shape index (κ1) is 10.5. The number of anilines is 1. The van der Waals surface area contributed by atoms with E-state index in [1.54, 1.807) is 6.07 Å². The fourth-order valence-electron chi connectivity index (χ4n) is 1.75. The third-order valence-corrected chi connectivity index (χ3v) is 2.62. The van der Waals surface area contributed by atoms with Crippen molar-refractivity contribution in [2.45, 2.75) is 0 Å². The summed E-state index contributed by atoms with van der Waals surface area (Å²) in [5.41, 5.74) is 7.19. The molecule has 0 saturated heterocycles. The lowest BCUT2D eigenvalue weighted by Gasteiger charge is -2.01. The molecule has 0 bridgehead atoms. The van der Waals surface area contributed by atoms with E-state index in [0.717, 1.165) is 0 Å². The average molecular weight is 245 g/mol. The number of aromatic amines is 1. The van der Waals surface area contributed by atoms with Gasteiger partial charge in [-0.3, -0.25) is 5.10 Å². The number of phenolic OH excluding ortho intramolecular Hbond substituents is 1. The summed E-state index contributed by atoms with van der Waals surface area (Å²) in [6, 6.07) is 4.00. The highest BCUT2D eigenvalue weighted by atomic mass is 19.1. The number of nitrogens with two attached hydrogens (primary N) is 1. The maximum Gasteiger partial charge on any atom is 0.186 e. The Hall–Kier alpha value is -2.70. The summed E-state index contributed by atoms with van der Waals surface area (Å²) in [6.07, 6.45) is 1.31. The zero-order valence-electron chi connectivity index (χ0n) is 9.05. The molecule has 4 N–H and O–H groups in total. The Morgan fingerprint density at radius 2 is 2.11 bits per heavy atom. The second-order valence-corrected chi connectivity index (χ2v) is 3.72. The summed E-state index contributed by atoms with van der Waals surface area (Å²) in [6.45, 7) is 0. The van der Waals surface area contributed by atoms with Gasteiger partial charge in [0.2, 0.25) is 0 Å². The van der Waals surface area contributed by atoms with Gasteiger partial charge < -0.3 is 10.8 Å². The smallest absolute Gasteiger partial charge is 0.186 e. The van der Waals surface area contributed by atoms with Crippen molar-refractivity contribution < 1.29 is 9.50 Å². The van der Waals surface area contributed by atoms with Crippen LogP contribution < -0.4 is 5.73 Å². The SMILES string of the molecule is Nc1ncnc2n[nH]c(-c3ccc(O)c(F)c3)c12. The molecule has 7 heteroatoms. The van der Waals surface area contributed by atoms with Crippen molar-refractivity contribution in [1.29, 1.82) is 0 Å². The highest BCUT2D eigenvalue weighted by molar-refractivity contribution is 5.97. The number of H-pyrrole nitrogens is 1. The normalized spacial score (nSPS) is 10.9. The minimum absolute atomic E-state index is 0.261. The van der Waals surface area contributed by atoms with Crippen LogP contribution >= 0.6 is 0 Å². The molecular formula is C11H8FN5O. The van der Waals surface area contributed by atoms with Crippen LogP contribution in [0.25, 0.3) is 22.3 Å². The Kier molecular flexibility index (Phi) is 2.12. The van der Waals surface area contributed by atoms with Gasteiger partial charge >= 0.3 is 0 Å². The molecule has 0 atom stereocenters. The van der Waals surface area contributed by atoms with Crippen LogP contribution in [0.15, 0.2) is 24.5 Å². The average Bonchev–Trinajstić information content (AvgIpc) is 2.78. The molecule has 0 fully saturated rings. The summed E-state index contributed by atoms with van der Waals surface area (Å²) >= 11 is 0. The number of hydrogen-bond donors (Lipinski definition) is 3. The van der Waals surface area contributed by atoms with Gasteiger partial charge in [0, 0.05) is 5.56 Å². The number of aromatic hydroxyl groups is 1. The second kappa shape index (κ2) is 3.66. The lowest BCUT2D eigenvalue weighted by atomic mass is 10.1. The molecule has 1 aromatic carbocycles. The number of benzene rings is 1. The van der Waals surface area contributed by atoms with E-state index >= 15 is 0 Å². The van der Waals surface area contributed by atoms with Crippen molar-refractivity contribution in [3.05, 3.63) is 30.3 Å². The van der Waals surface area contributed by atoms with E-state index in [9.17, 15) is 4.39 Å². The van der Waals surface area contributed by atoms with Crippen LogP contribution in [0.1, 0.15) is 0 Å². The molecule has 6 nitrogen and oxygen atoms in total. The van der Waals surface area contributed by atoms with Gasteiger partial charge in [0.25, 0.3) is 0 Å². The zero-order chi connectivity index (χ0) is 12.7. The zero-order valence-corrected chi connectivity index (χ0v) is 9.05. The predicted molar refractivity (Wildman–Crippen MR) is 63.2 cm³/mol. The number of aromatic nitrogens is 4. The Labute approximate surface area is 100 Å². The van der Waals surface area contributed by atoms with E-state index in [0.29, 0.717) is 22.3 Å². The standard InChI is InChI=1S/C11H8FN5O/c12-6-3-5(1-2-7(6)18)9-8-10(13)14-4-15-11(8)17-16-9/h1-4,18H,(H3,13,14,15,16,17). The molecule has 90 valence electrons. The topological polar surface area (TPSA) is 101 Å². The van der Waals surface area contributed by atoms with Gasteiger partial charge in [-0.25, -0.2) is 14.4 Å². The number of nitrogens with one attached hydrogen (secondary N) is 1. The monoisotopic (exact) mass is 245 g/mol. The number of halogens is 1. The van der Waals surface area contributed by atoms with Gasteiger partial charge in [-0.2, -0.15) is 5.10 Å².